The molecule has 88 valence electrons. The molecule has 1 aliphatic heterocycles. The van der Waals surface area contributed by atoms with Crippen LogP contribution < -0.4 is 0 Å². The smallest absolute Gasteiger partial charge is 0.0639 e. The van der Waals surface area contributed by atoms with Crippen LogP contribution in [0.5, 0.6) is 0 Å². The van der Waals surface area contributed by atoms with Gasteiger partial charge in [0.25, 0.3) is 0 Å². The van der Waals surface area contributed by atoms with Crippen LogP contribution in [0.25, 0.3) is 0 Å². The van der Waals surface area contributed by atoms with E-state index in [-0.39, 0.29) is 6.10 Å². The number of hydrogen-bond acceptors (Lipinski definition) is 2. The van der Waals surface area contributed by atoms with Gasteiger partial charge in [-0.25, -0.2) is 0 Å². The van der Waals surface area contributed by atoms with E-state index in [2.05, 4.69) is 26.9 Å². The van der Waals surface area contributed by atoms with Gasteiger partial charge in [-0.1, -0.05) is 27.5 Å². The van der Waals surface area contributed by atoms with E-state index in [0.29, 0.717) is 6.54 Å². The first kappa shape index (κ1) is 12.4. The van der Waals surface area contributed by atoms with Crippen molar-refractivity contribution >= 4 is 27.5 Å². The van der Waals surface area contributed by atoms with E-state index in [1.807, 2.05) is 13.0 Å². The fourth-order valence-electron chi connectivity index (χ4n) is 2.17. The summed E-state index contributed by atoms with van der Waals surface area (Å²) in [6.07, 6.45) is 0.720. The zero-order chi connectivity index (χ0) is 11.7. The normalized spacial score (nSPS) is 18.2. The Morgan fingerprint density at radius 1 is 1.56 bits per heavy atom. The fourth-order valence-corrected chi connectivity index (χ4v) is 3.10. The van der Waals surface area contributed by atoms with Crippen LogP contribution in [0.1, 0.15) is 18.1 Å². The maximum Gasteiger partial charge on any atom is 0.0639 e. The van der Waals surface area contributed by atoms with Crippen molar-refractivity contribution in [1.29, 1.82) is 0 Å². The van der Waals surface area contributed by atoms with Crippen LogP contribution in [0, 0.1) is 0 Å². The van der Waals surface area contributed by atoms with Crippen molar-refractivity contribution < 1.29 is 5.11 Å². The van der Waals surface area contributed by atoms with E-state index < -0.39 is 0 Å². The minimum Gasteiger partial charge on any atom is -0.392 e. The summed E-state index contributed by atoms with van der Waals surface area (Å²) in [7, 11) is 0. The zero-order valence-electron chi connectivity index (χ0n) is 9.21. The van der Waals surface area contributed by atoms with Gasteiger partial charge in [0, 0.05) is 29.1 Å². The second-order valence-electron chi connectivity index (χ2n) is 4.36. The second-order valence-corrected chi connectivity index (χ2v) is 5.68. The van der Waals surface area contributed by atoms with Crippen molar-refractivity contribution in [2.24, 2.45) is 0 Å². The van der Waals surface area contributed by atoms with E-state index in [0.717, 1.165) is 29.0 Å². The van der Waals surface area contributed by atoms with Gasteiger partial charge >= 0.3 is 0 Å². The molecule has 1 atom stereocenters. The third-order valence-electron chi connectivity index (χ3n) is 2.85. The van der Waals surface area contributed by atoms with Crippen LogP contribution in [0.3, 0.4) is 0 Å². The maximum absolute atomic E-state index is 9.38. The molecule has 16 heavy (non-hydrogen) atoms. The number of β-amino-alcohol motifs (C(OH)–C–C–N with tert-alkyl or cyclic N) is 1. The quantitative estimate of drug-likeness (QED) is 0.908. The third kappa shape index (κ3) is 2.77. The molecule has 4 heteroatoms. The topological polar surface area (TPSA) is 23.5 Å². The number of halogens is 2. The lowest BCUT2D eigenvalue weighted by atomic mass is 9.99. The molecule has 0 amide bonds. The first-order valence-electron chi connectivity index (χ1n) is 5.43. The van der Waals surface area contributed by atoms with E-state index in [9.17, 15) is 5.11 Å². The molecular formula is C12H15BrClNO. The zero-order valence-corrected chi connectivity index (χ0v) is 11.6. The summed E-state index contributed by atoms with van der Waals surface area (Å²) in [5.74, 6) is 0. The summed E-state index contributed by atoms with van der Waals surface area (Å²) in [5, 5.41) is 10.2. The molecule has 0 aromatic heterocycles. The lowest BCUT2D eigenvalue weighted by Gasteiger charge is -2.30. The number of rotatable bonds is 2. The Kier molecular flexibility index (Phi) is 3.90. The van der Waals surface area contributed by atoms with Gasteiger partial charge in [0.2, 0.25) is 0 Å². The van der Waals surface area contributed by atoms with Crippen molar-refractivity contribution in [3.8, 4) is 0 Å². The molecule has 2 nitrogen and oxygen atoms in total. The minimum absolute atomic E-state index is 0.282. The molecule has 0 unspecified atom stereocenters. The number of nitrogens with zero attached hydrogens (tertiary/aromatic N) is 1. The van der Waals surface area contributed by atoms with Gasteiger partial charge in [-0.2, -0.15) is 0 Å². The highest BCUT2D eigenvalue weighted by Crippen LogP contribution is 2.30. The summed E-state index contributed by atoms with van der Waals surface area (Å²) in [6.45, 7) is 4.36. The average molecular weight is 305 g/mol. The standard InChI is InChI=1S/C12H15BrClNO/c1-8(16)6-15-3-2-9-4-10(13)5-12(14)11(9)7-15/h4-5,8,16H,2-3,6-7H2,1H3/t8-/m0/s1. The molecule has 0 fully saturated rings. The highest BCUT2D eigenvalue weighted by Gasteiger charge is 2.19. The Balaban J connectivity index is 2.20. The van der Waals surface area contributed by atoms with Crippen LogP contribution in [-0.2, 0) is 13.0 Å². The number of aliphatic hydroxyl groups excluding tert-OH is 1. The van der Waals surface area contributed by atoms with E-state index in [1.165, 1.54) is 11.1 Å². The van der Waals surface area contributed by atoms with Crippen LogP contribution in [-0.4, -0.2) is 29.2 Å². The molecular weight excluding hydrogens is 289 g/mol. The van der Waals surface area contributed by atoms with Gasteiger partial charge in [0.15, 0.2) is 0 Å². The molecule has 0 bridgehead atoms. The van der Waals surface area contributed by atoms with E-state index in [4.69, 9.17) is 11.6 Å². The SMILES string of the molecule is C[C@H](O)CN1CCc2cc(Br)cc(Cl)c2C1. The second kappa shape index (κ2) is 5.05. The third-order valence-corrected chi connectivity index (χ3v) is 3.65. The molecule has 0 saturated heterocycles. The van der Waals surface area contributed by atoms with E-state index >= 15 is 0 Å². The summed E-state index contributed by atoms with van der Waals surface area (Å²) in [6, 6.07) is 4.08. The Morgan fingerprint density at radius 2 is 2.31 bits per heavy atom. The lowest BCUT2D eigenvalue weighted by Crippen LogP contribution is -2.35. The lowest BCUT2D eigenvalue weighted by molar-refractivity contribution is 0.119. The number of benzene rings is 1. The molecule has 0 aliphatic carbocycles. The van der Waals surface area contributed by atoms with E-state index in [1.54, 1.807) is 0 Å². The largest absolute Gasteiger partial charge is 0.392 e. The fraction of sp³-hybridized carbons (Fsp3) is 0.500. The summed E-state index contributed by atoms with van der Waals surface area (Å²) in [4.78, 5) is 2.24. The summed E-state index contributed by atoms with van der Waals surface area (Å²) >= 11 is 9.69. The monoisotopic (exact) mass is 303 g/mol. The van der Waals surface area contributed by atoms with Crippen LogP contribution >= 0.6 is 27.5 Å². The van der Waals surface area contributed by atoms with Gasteiger partial charge < -0.3 is 5.11 Å². The van der Waals surface area contributed by atoms with Crippen LogP contribution in [0.15, 0.2) is 16.6 Å². The molecule has 1 aromatic rings. The van der Waals surface area contributed by atoms with Gasteiger partial charge in [-0.05, 0) is 36.6 Å². The molecule has 1 N–H and O–H groups in total. The highest BCUT2D eigenvalue weighted by molar-refractivity contribution is 9.10. The number of aliphatic hydroxyl groups is 1. The van der Waals surface area contributed by atoms with Crippen molar-refractivity contribution in [2.75, 3.05) is 13.1 Å². The van der Waals surface area contributed by atoms with Gasteiger partial charge in [-0.3, -0.25) is 4.90 Å². The molecule has 1 aliphatic rings. The minimum atomic E-state index is -0.282. The van der Waals surface area contributed by atoms with Crippen molar-refractivity contribution in [2.45, 2.75) is 26.0 Å². The predicted molar refractivity (Wildman–Crippen MR) is 69.8 cm³/mol. The van der Waals surface area contributed by atoms with Crippen molar-refractivity contribution in [1.82, 2.24) is 4.90 Å². The van der Waals surface area contributed by atoms with Gasteiger partial charge in [0.05, 0.1) is 6.10 Å². The van der Waals surface area contributed by atoms with Crippen LogP contribution in [0.4, 0.5) is 0 Å². The average Bonchev–Trinajstić information content (AvgIpc) is 2.18. The van der Waals surface area contributed by atoms with Crippen molar-refractivity contribution in [3.05, 3.63) is 32.8 Å². The molecule has 0 radical (unpaired) electrons. The Hall–Kier alpha value is -0.0900. The molecule has 1 aromatic carbocycles. The Labute approximate surface area is 109 Å². The van der Waals surface area contributed by atoms with Gasteiger partial charge in [0.1, 0.15) is 0 Å². The van der Waals surface area contributed by atoms with Gasteiger partial charge in [-0.15, -0.1) is 0 Å². The highest BCUT2D eigenvalue weighted by atomic mass is 79.9. The summed E-state index contributed by atoms with van der Waals surface area (Å²) in [5.41, 5.74) is 2.53. The first-order chi connectivity index (χ1) is 7.56. The molecule has 0 saturated carbocycles. The van der Waals surface area contributed by atoms with Crippen molar-refractivity contribution in [3.63, 3.8) is 0 Å². The predicted octanol–water partition coefficient (Wildman–Crippen LogP) is 2.84. The first-order valence-corrected chi connectivity index (χ1v) is 6.60. The van der Waals surface area contributed by atoms with Crippen LogP contribution in [0.2, 0.25) is 5.02 Å². The number of hydrogen-bond donors (Lipinski definition) is 1. The molecule has 2 rings (SSSR count). The number of fused-ring (bicyclic) bond motifs is 1. The summed E-state index contributed by atoms with van der Waals surface area (Å²) < 4.78 is 1.04. The maximum atomic E-state index is 9.38. The molecule has 1 heterocycles. The Bertz CT molecular complexity index is 395. The molecule has 0 spiro atoms. The Morgan fingerprint density at radius 3 is 3.00 bits per heavy atom.